The molecule has 0 fully saturated rings. The normalized spacial score (nSPS) is 12.7. The molecule has 252 valence electrons. The molecule has 0 radical (unpaired) electrons. The zero-order valence-corrected chi connectivity index (χ0v) is 28.3. The van der Waals surface area contributed by atoms with Crippen LogP contribution in [-0.2, 0) is 20.6 Å². The first-order valence-electron chi connectivity index (χ1n) is 15.8. The summed E-state index contributed by atoms with van der Waals surface area (Å²) in [4.78, 5) is 39.6. The lowest BCUT2D eigenvalue weighted by Crippen LogP contribution is -2.10. The number of methoxy groups -OCH3 is 1. The van der Waals surface area contributed by atoms with Crippen molar-refractivity contribution in [2.45, 2.75) is 38.4 Å². The average Bonchev–Trinajstić information content (AvgIpc) is 3.74. The lowest BCUT2D eigenvalue weighted by molar-refractivity contribution is 0.0601. The molecule has 4 heterocycles. The summed E-state index contributed by atoms with van der Waals surface area (Å²) in [7, 11) is 1.34. The number of hydrogen-bond acceptors (Lipinski definition) is 7. The average molecular weight is 702 g/mol. The number of fused-ring (bicyclic) bond motifs is 2. The molecule has 49 heavy (non-hydrogen) atoms. The van der Waals surface area contributed by atoms with Gasteiger partial charge in [-0.3, -0.25) is 9.97 Å². The molecule has 0 saturated carbocycles. The standard InChI is InChI=1S/C37H34Cl2N4O6/c1-3-16-48-35(31-20-29-33(43-31)24(13-15-41-29)37(46)47-2)25-18-21(10-11-27(25)39)7-6-17-49-34(22-8-4-5-9-26(22)38)30-19-28-32(42-30)23(36(44)45)12-14-40-28/h4-5,8-15,18-20,34-35,42-43H,3,6-7,16-17H2,1-2H3,(H,44,45). The maximum absolute atomic E-state index is 12.4. The van der Waals surface area contributed by atoms with Gasteiger partial charge >= 0.3 is 11.9 Å². The van der Waals surface area contributed by atoms with Gasteiger partial charge in [-0.1, -0.05) is 60.5 Å². The van der Waals surface area contributed by atoms with Gasteiger partial charge in [0, 0.05) is 46.8 Å². The highest BCUT2D eigenvalue weighted by molar-refractivity contribution is 6.31. The van der Waals surface area contributed by atoms with Gasteiger partial charge in [-0.2, -0.15) is 0 Å². The minimum atomic E-state index is -1.05. The Bertz CT molecular complexity index is 2130. The summed E-state index contributed by atoms with van der Waals surface area (Å²) in [6.45, 7) is 2.90. The first kappa shape index (κ1) is 34.1. The largest absolute Gasteiger partial charge is 0.478 e. The monoisotopic (exact) mass is 700 g/mol. The summed E-state index contributed by atoms with van der Waals surface area (Å²) in [6.07, 6.45) is 4.08. The van der Waals surface area contributed by atoms with Gasteiger partial charge in [-0.05, 0) is 61.2 Å². The fourth-order valence-electron chi connectivity index (χ4n) is 5.88. The van der Waals surface area contributed by atoms with Crippen molar-refractivity contribution in [3.05, 3.63) is 128 Å². The van der Waals surface area contributed by atoms with E-state index in [9.17, 15) is 14.7 Å². The van der Waals surface area contributed by atoms with Crippen LogP contribution >= 0.6 is 23.2 Å². The van der Waals surface area contributed by atoms with Crippen LogP contribution in [0.4, 0.5) is 0 Å². The van der Waals surface area contributed by atoms with Crippen LogP contribution in [0.2, 0.25) is 10.0 Å². The molecular weight excluding hydrogens is 667 g/mol. The zero-order chi connectivity index (χ0) is 34.5. The highest BCUT2D eigenvalue weighted by Gasteiger charge is 2.24. The molecule has 2 unspecified atom stereocenters. The van der Waals surface area contributed by atoms with E-state index in [4.69, 9.17) is 37.4 Å². The number of nitrogens with zero attached hydrogens (tertiary/aromatic N) is 2. The summed E-state index contributed by atoms with van der Waals surface area (Å²) >= 11 is 13.4. The Morgan fingerprint density at radius 2 is 1.41 bits per heavy atom. The van der Waals surface area contributed by atoms with Gasteiger partial charge in [-0.25, -0.2) is 9.59 Å². The van der Waals surface area contributed by atoms with Crippen LogP contribution in [0.1, 0.15) is 80.8 Å². The summed E-state index contributed by atoms with van der Waals surface area (Å²) in [5, 5.41) is 10.8. The predicted octanol–water partition coefficient (Wildman–Crippen LogP) is 8.49. The summed E-state index contributed by atoms with van der Waals surface area (Å²) in [5.41, 5.74) is 6.58. The second kappa shape index (κ2) is 15.2. The lowest BCUT2D eigenvalue weighted by atomic mass is 10.0. The third kappa shape index (κ3) is 7.33. The first-order chi connectivity index (χ1) is 23.8. The molecule has 0 aliphatic heterocycles. The molecule has 3 N–H and O–H groups in total. The van der Waals surface area contributed by atoms with Crippen molar-refractivity contribution in [3.8, 4) is 0 Å². The molecule has 4 aromatic heterocycles. The number of halogens is 2. The minimum Gasteiger partial charge on any atom is -0.478 e. The quantitative estimate of drug-likeness (QED) is 0.0759. The Labute approximate surface area is 292 Å². The molecular formula is C37H34Cl2N4O6. The van der Waals surface area contributed by atoms with E-state index in [1.165, 1.54) is 19.4 Å². The Morgan fingerprint density at radius 3 is 2.06 bits per heavy atom. The number of ether oxygens (including phenoxy) is 3. The summed E-state index contributed by atoms with van der Waals surface area (Å²) < 4.78 is 17.7. The van der Waals surface area contributed by atoms with Crippen LogP contribution in [0.15, 0.2) is 79.1 Å². The van der Waals surface area contributed by atoms with Crippen LogP contribution in [-0.4, -0.2) is 57.3 Å². The van der Waals surface area contributed by atoms with Crippen molar-refractivity contribution >= 4 is 57.2 Å². The maximum atomic E-state index is 12.4. The number of carboxylic acid groups (broad SMARTS) is 1. The van der Waals surface area contributed by atoms with E-state index in [1.807, 2.05) is 49.4 Å². The van der Waals surface area contributed by atoms with E-state index in [0.717, 1.165) is 28.8 Å². The zero-order valence-electron chi connectivity index (χ0n) is 26.8. The number of aromatic amines is 2. The molecule has 2 aromatic carbocycles. The Kier molecular flexibility index (Phi) is 10.6. The van der Waals surface area contributed by atoms with Crippen LogP contribution in [0.25, 0.3) is 22.1 Å². The number of carboxylic acids is 1. The molecule has 6 aromatic rings. The molecule has 0 spiro atoms. The van der Waals surface area contributed by atoms with Crippen molar-refractivity contribution in [1.82, 2.24) is 19.9 Å². The molecule has 0 saturated heterocycles. The van der Waals surface area contributed by atoms with E-state index in [2.05, 4.69) is 19.9 Å². The Hall–Kier alpha value is -4.74. The third-order valence-electron chi connectivity index (χ3n) is 8.20. The maximum Gasteiger partial charge on any atom is 0.340 e. The molecule has 12 heteroatoms. The van der Waals surface area contributed by atoms with Crippen LogP contribution in [0.5, 0.6) is 0 Å². The van der Waals surface area contributed by atoms with E-state index >= 15 is 0 Å². The number of aromatic carboxylic acids is 1. The number of hydrogen-bond donors (Lipinski definition) is 3. The number of carbonyl (C=O) groups is 2. The number of rotatable bonds is 14. The van der Waals surface area contributed by atoms with Gasteiger partial charge in [-0.15, -0.1) is 0 Å². The van der Waals surface area contributed by atoms with Crippen molar-refractivity contribution < 1.29 is 28.9 Å². The number of pyridine rings is 2. The smallest absolute Gasteiger partial charge is 0.340 e. The molecule has 6 rings (SSSR count). The van der Waals surface area contributed by atoms with E-state index in [0.29, 0.717) is 69.4 Å². The highest BCUT2D eigenvalue weighted by atomic mass is 35.5. The second-order valence-corrected chi connectivity index (χ2v) is 12.3. The molecule has 10 nitrogen and oxygen atoms in total. The number of aryl methyl sites for hydroxylation is 1. The summed E-state index contributed by atoms with van der Waals surface area (Å²) in [5.74, 6) is -1.51. The molecule has 0 aliphatic carbocycles. The fourth-order valence-corrected chi connectivity index (χ4v) is 6.33. The highest BCUT2D eigenvalue weighted by Crippen LogP contribution is 2.36. The minimum absolute atomic E-state index is 0.126. The second-order valence-electron chi connectivity index (χ2n) is 11.5. The van der Waals surface area contributed by atoms with E-state index in [-0.39, 0.29) is 5.56 Å². The van der Waals surface area contributed by atoms with E-state index < -0.39 is 24.1 Å². The van der Waals surface area contributed by atoms with Crippen LogP contribution in [0.3, 0.4) is 0 Å². The van der Waals surface area contributed by atoms with Crippen molar-refractivity contribution in [2.75, 3.05) is 20.3 Å². The number of esters is 1. The molecule has 0 bridgehead atoms. The molecule has 0 aliphatic rings. The third-order valence-corrected chi connectivity index (χ3v) is 8.89. The van der Waals surface area contributed by atoms with Crippen molar-refractivity contribution in [1.29, 1.82) is 0 Å². The summed E-state index contributed by atoms with van der Waals surface area (Å²) in [6, 6.07) is 20.0. The predicted molar refractivity (Wildman–Crippen MR) is 188 cm³/mol. The van der Waals surface area contributed by atoms with Gasteiger partial charge in [0.05, 0.1) is 51.7 Å². The van der Waals surface area contributed by atoms with E-state index in [1.54, 1.807) is 24.4 Å². The van der Waals surface area contributed by atoms with Gasteiger partial charge in [0.25, 0.3) is 0 Å². The van der Waals surface area contributed by atoms with Crippen LogP contribution < -0.4 is 0 Å². The topological polar surface area (TPSA) is 139 Å². The number of nitrogens with one attached hydrogen (secondary N) is 2. The van der Waals surface area contributed by atoms with Gasteiger partial charge in [0.2, 0.25) is 0 Å². The molecule has 0 amide bonds. The Balaban J connectivity index is 1.23. The number of benzene rings is 2. The number of H-pyrrole nitrogens is 2. The number of carbonyl (C=O) groups excluding carboxylic acids is 1. The van der Waals surface area contributed by atoms with Crippen LogP contribution in [0, 0.1) is 0 Å². The fraction of sp³-hybridized carbons (Fsp3) is 0.243. The van der Waals surface area contributed by atoms with Gasteiger partial charge < -0.3 is 29.3 Å². The Morgan fingerprint density at radius 1 is 0.796 bits per heavy atom. The lowest BCUT2D eigenvalue weighted by Gasteiger charge is -2.20. The van der Waals surface area contributed by atoms with Gasteiger partial charge in [0.15, 0.2) is 0 Å². The first-order valence-corrected chi connectivity index (χ1v) is 16.6. The SMILES string of the molecule is CCCOC(c1cc2nccc(C(=O)OC)c2[nH]1)c1cc(CCCOC(c2cc3nccc(C(=O)O)c3[nH]2)c2ccccc2Cl)ccc1Cl. The van der Waals surface area contributed by atoms with Crippen molar-refractivity contribution in [3.63, 3.8) is 0 Å². The van der Waals surface area contributed by atoms with Crippen molar-refractivity contribution in [2.24, 2.45) is 0 Å². The molecule has 2 atom stereocenters. The van der Waals surface area contributed by atoms with Gasteiger partial charge in [0.1, 0.15) is 12.2 Å². The number of aromatic nitrogens is 4.